The molecule has 26 heavy (non-hydrogen) atoms. The van der Waals surface area contributed by atoms with E-state index in [1.807, 2.05) is 30.3 Å². The molecule has 0 aliphatic heterocycles. The molecule has 2 aromatic carbocycles. The standard InChI is InChI=1S/C19H20N2O5/c20-17(22)10-14-6-8-16(9-7-14)25-13-18(23)21-11-19(24)26-12-15-4-2-1-3-5-15/h1-9H,10-13H2,(H2,20,22)(H,21,23). The van der Waals surface area contributed by atoms with Gasteiger partial charge >= 0.3 is 5.97 Å². The zero-order chi connectivity index (χ0) is 18.8. The highest BCUT2D eigenvalue weighted by Crippen LogP contribution is 2.12. The van der Waals surface area contributed by atoms with Gasteiger partial charge in [0.1, 0.15) is 18.9 Å². The van der Waals surface area contributed by atoms with Gasteiger partial charge < -0.3 is 20.5 Å². The van der Waals surface area contributed by atoms with Crippen LogP contribution >= 0.6 is 0 Å². The topological polar surface area (TPSA) is 108 Å². The van der Waals surface area contributed by atoms with Gasteiger partial charge in [-0.15, -0.1) is 0 Å². The molecule has 0 aliphatic carbocycles. The van der Waals surface area contributed by atoms with Crippen molar-refractivity contribution < 1.29 is 23.9 Å². The Morgan fingerprint density at radius 2 is 1.62 bits per heavy atom. The number of primary amides is 1. The molecule has 0 aromatic heterocycles. The number of benzene rings is 2. The first-order chi connectivity index (χ1) is 12.5. The monoisotopic (exact) mass is 356 g/mol. The lowest BCUT2D eigenvalue weighted by Gasteiger charge is -2.08. The van der Waals surface area contributed by atoms with E-state index in [1.54, 1.807) is 24.3 Å². The molecular weight excluding hydrogens is 336 g/mol. The summed E-state index contributed by atoms with van der Waals surface area (Å²) in [4.78, 5) is 34.1. The van der Waals surface area contributed by atoms with E-state index in [0.717, 1.165) is 11.1 Å². The summed E-state index contributed by atoms with van der Waals surface area (Å²) in [5.41, 5.74) is 6.74. The molecule has 2 amide bonds. The van der Waals surface area contributed by atoms with E-state index < -0.39 is 17.8 Å². The fourth-order valence-corrected chi connectivity index (χ4v) is 2.06. The van der Waals surface area contributed by atoms with Gasteiger partial charge in [-0.05, 0) is 23.3 Å². The first-order valence-corrected chi connectivity index (χ1v) is 7.99. The second-order valence-corrected chi connectivity index (χ2v) is 5.50. The number of amides is 2. The minimum absolute atomic E-state index is 0.145. The molecule has 0 aliphatic rings. The highest BCUT2D eigenvalue weighted by Gasteiger charge is 2.08. The Hall–Kier alpha value is -3.35. The van der Waals surface area contributed by atoms with Crippen molar-refractivity contribution >= 4 is 17.8 Å². The van der Waals surface area contributed by atoms with E-state index in [0.29, 0.717) is 5.75 Å². The van der Waals surface area contributed by atoms with Gasteiger partial charge in [-0.1, -0.05) is 42.5 Å². The lowest BCUT2D eigenvalue weighted by molar-refractivity contribution is -0.145. The predicted molar refractivity (Wildman–Crippen MR) is 94.1 cm³/mol. The summed E-state index contributed by atoms with van der Waals surface area (Å²) < 4.78 is 10.4. The van der Waals surface area contributed by atoms with Gasteiger partial charge in [0.25, 0.3) is 5.91 Å². The molecule has 136 valence electrons. The summed E-state index contributed by atoms with van der Waals surface area (Å²) in [7, 11) is 0. The van der Waals surface area contributed by atoms with Crippen molar-refractivity contribution in [1.29, 1.82) is 0 Å². The molecular formula is C19H20N2O5. The normalized spacial score (nSPS) is 10.0. The Labute approximate surface area is 151 Å². The third kappa shape index (κ3) is 7.04. The van der Waals surface area contributed by atoms with Crippen molar-refractivity contribution in [3.8, 4) is 5.75 Å². The van der Waals surface area contributed by atoms with Crippen LogP contribution in [0.1, 0.15) is 11.1 Å². The van der Waals surface area contributed by atoms with Crippen LogP contribution in [0.3, 0.4) is 0 Å². The van der Waals surface area contributed by atoms with Crippen LogP contribution < -0.4 is 15.8 Å². The van der Waals surface area contributed by atoms with E-state index in [1.165, 1.54) is 0 Å². The Morgan fingerprint density at radius 3 is 2.27 bits per heavy atom. The summed E-state index contributed by atoms with van der Waals surface area (Å²) in [6.45, 7) is -0.308. The first kappa shape index (κ1) is 19.0. The number of esters is 1. The Balaban J connectivity index is 1.65. The lowest BCUT2D eigenvalue weighted by Crippen LogP contribution is -2.34. The van der Waals surface area contributed by atoms with E-state index in [-0.39, 0.29) is 26.2 Å². The molecule has 0 heterocycles. The summed E-state index contributed by atoms with van der Waals surface area (Å²) in [6, 6.07) is 15.9. The molecule has 2 rings (SSSR count). The summed E-state index contributed by atoms with van der Waals surface area (Å²) in [5.74, 6) is -0.918. The van der Waals surface area contributed by atoms with Crippen molar-refractivity contribution in [2.75, 3.05) is 13.2 Å². The molecule has 7 nitrogen and oxygen atoms in total. The molecule has 0 saturated heterocycles. The fraction of sp³-hybridized carbons (Fsp3) is 0.211. The number of rotatable bonds is 9. The molecule has 0 fully saturated rings. The second kappa shape index (κ2) is 9.83. The maximum absolute atomic E-state index is 11.7. The highest BCUT2D eigenvalue weighted by molar-refractivity contribution is 5.82. The highest BCUT2D eigenvalue weighted by atomic mass is 16.5. The third-order valence-electron chi connectivity index (χ3n) is 3.34. The average Bonchev–Trinajstić information content (AvgIpc) is 2.64. The smallest absolute Gasteiger partial charge is 0.325 e. The van der Waals surface area contributed by atoms with Crippen LogP contribution in [-0.4, -0.2) is 30.9 Å². The molecule has 0 atom stereocenters. The summed E-state index contributed by atoms with van der Waals surface area (Å²) >= 11 is 0. The molecule has 7 heteroatoms. The molecule has 0 radical (unpaired) electrons. The number of carbonyl (C=O) groups is 3. The number of nitrogens with one attached hydrogen (secondary N) is 1. The predicted octanol–water partition coefficient (Wildman–Crippen LogP) is 0.953. The van der Waals surface area contributed by atoms with Crippen LogP contribution in [0.5, 0.6) is 5.75 Å². The molecule has 0 bridgehead atoms. The molecule has 3 N–H and O–H groups in total. The lowest BCUT2D eigenvalue weighted by atomic mass is 10.1. The molecule has 0 unspecified atom stereocenters. The summed E-state index contributed by atoms with van der Waals surface area (Å²) in [5, 5.41) is 2.43. The van der Waals surface area contributed by atoms with Gasteiger partial charge in [-0.25, -0.2) is 0 Å². The SMILES string of the molecule is NC(=O)Cc1ccc(OCC(=O)NCC(=O)OCc2ccccc2)cc1. The van der Waals surface area contributed by atoms with Gasteiger partial charge in [-0.3, -0.25) is 14.4 Å². The van der Waals surface area contributed by atoms with Gasteiger partial charge in [0.15, 0.2) is 6.61 Å². The number of nitrogens with two attached hydrogens (primary N) is 1. The Morgan fingerprint density at radius 1 is 0.923 bits per heavy atom. The van der Waals surface area contributed by atoms with Crippen LogP contribution in [0.2, 0.25) is 0 Å². The van der Waals surface area contributed by atoms with E-state index >= 15 is 0 Å². The molecule has 2 aromatic rings. The van der Waals surface area contributed by atoms with Crippen molar-refractivity contribution in [3.63, 3.8) is 0 Å². The van der Waals surface area contributed by atoms with Crippen molar-refractivity contribution in [2.45, 2.75) is 13.0 Å². The number of carbonyl (C=O) groups excluding carboxylic acids is 3. The van der Waals surface area contributed by atoms with Gasteiger partial charge in [-0.2, -0.15) is 0 Å². The molecule has 0 saturated carbocycles. The first-order valence-electron chi connectivity index (χ1n) is 7.99. The maximum atomic E-state index is 11.7. The Kier molecular flexibility index (Phi) is 7.17. The van der Waals surface area contributed by atoms with E-state index in [9.17, 15) is 14.4 Å². The van der Waals surface area contributed by atoms with Crippen molar-refractivity contribution in [2.24, 2.45) is 5.73 Å². The average molecular weight is 356 g/mol. The van der Waals surface area contributed by atoms with Crippen LogP contribution in [-0.2, 0) is 32.1 Å². The van der Waals surface area contributed by atoms with Crippen LogP contribution in [0, 0.1) is 0 Å². The summed E-state index contributed by atoms with van der Waals surface area (Å²) in [6.07, 6.45) is 0.145. The largest absolute Gasteiger partial charge is 0.484 e. The second-order valence-electron chi connectivity index (χ2n) is 5.50. The number of ether oxygens (including phenoxy) is 2. The van der Waals surface area contributed by atoms with Crippen molar-refractivity contribution in [1.82, 2.24) is 5.32 Å². The van der Waals surface area contributed by atoms with E-state index in [2.05, 4.69) is 5.32 Å². The minimum atomic E-state index is -0.530. The molecule has 0 spiro atoms. The Bertz CT molecular complexity index is 744. The maximum Gasteiger partial charge on any atom is 0.325 e. The zero-order valence-electron chi connectivity index (χ0n) is 14.1. The van der Waals surface area contributed by atoms with Crippen LogP contribution in [0.15, 0.2) is 54.6 Å². The number of hydrogen-bond acceptors (Lipinski definition) is 5. The zero-order valence-corrected chi connectivity index (χ0v) is 14.1. The van der Waals surface area contributed by atoms with E-state index in [4.69, 9.17) is 15.2 Å². The van der Waals surface area contributed by atoms with Crippen molar-refractivity contribution in [3.05, 3.63) is 65.7 Å². The fourth-order valence-electron chi connectivity index (χ4n) is 2.06. The minimum Gasteiger partial charge on any atom is -0.484 e. The van der Waals surface area contributed by atoms with Gasteiger partial charge in [0.2, 0.25) is 5.91 Å². The van der Waals surface area contributed by atoms with Gasteiger partial charge in [0, 0.05) is 0 Å². The third-order valence-corrected chi connectivity index (χ3v) is 3.34. The van der Waals surface area contributed by atoms with Crippen LogP contribution in [0.25, 0.3) is 0 Å². The number of hydrogen-bond donors (Lipinski definition) is 2. The quantitative estimate of drug-likeness (QED) is 0.651. The van der Waals surface area contributed by atoms with Crippen LogP contribution in [0.4, 0.5) is 0 Å². The van der Waals surface area contributed by atoms with Gasteiger partial charge in [0.05, 0.1) is 6.42 Å².